The highest BCUT2D eigenvalue weighted by molar-refractivity contribution is 5.94. The maximum Gasteiger partial charge on any atom is 0.162 e. The Morgan fingerprint density at radius 3 is 2.58 bits per heavy atom. The molecule has 0 spiro atoms. The third-order valence-corrected chi connectivity index (χ3v) is 2.98. The van der Waals surface area contributed by atoms with Crippen LogP contribution < -0.4 is 4.74 Å². The molecule has 0 unspecified atom stereocenters. The molecule has 3 rings (SSSR count). The lowest BCUT2D eigenvalue weighted by molar-refractivity contribution is 0.374. The van der Waals surface area contributed by atoms with Gasteiger partial charge in [0.15, 0.2) is 11.5 Å². The smallest absolute Gasteiger partial charge is 0.162 e. The van der Waals surface area contributed by atoms with E-state index in [-0.39, 0.29) is 5.75 Å². The van der Waals surface area contributed by atoms with Crippen LogP contribution in [0.2, 0.25) is 0 Å². The third-order valence-electron chi connectivity index (χ3n) is 2.98. The number of aromatic hydroxyl groups is 1. The number of fused-ring (bicyclic) bond motifs is 1. The molecule has 0 bridgehead atoms. The van der Waals surface area contributed by atoms with Crippen LogP contribution in [0, 0.1) is 0 Å². The zero-order valence-electron chi connectivity index (χ0n) is 10.4. The van der Waals surface area contributed by atoms with Gasteiger partial charge in [0, 0.05) is 17.0 Å². The Kier molecular flexibility index (Phi) is 2.76. The first-order valence-electron chi connectivity index (χ1n) is 5.86. The molecule has 1 heterocycles. The maximum atomic E-state index is 9.90. The summed E-state index contributed by atoms with van der Waals surface area (Å²) in [6.07, 6.45) is 1.52. The number of benzene rings is 2. The van der Waals surface area contributed by atoms with E-state index in [0.29, 0.717) is 5.75 Å². The van der Waals surface area contributed by atoms with Crippen molar-refractivity contribution in [2.75, 3.05) is 7.11 Å². The van der Waals surface area contributed by atoms with E-state index in [4.69, 9.17) is 4.74 Å². The van der Waals surface area contributed by atoms with Crippen molar-refractivity contribution in [2.24, 2.45) is 0 Å². The number of nitrogens with zero attached hydrogens (tertiary/aromatic N) is 2. The van der Waals surface area contributed by atoms with Crippen molar-refractivity contribution in [1.29, 1.82) is 0 Å². The van der Waals surface area contributed by atoms with E-state index in [0.717, 1.165) is 22.2 Å². The molecule has 0 aliphatic rings. The Morgan fingerprint density at radius 1 is 1.05 bits per heavy atom. The molecule has 3 aromatic rings. The summed E-state index contributed by atoms with van der Waals surface area (Å²) >= 11 is 0. The Labute approximate surface area is 110 Å². The van der Waals surface area contributed by atoms with Gasteiger partial charge in [-0.05, 0) is 6.07 Å². The van der Waals surface area contributed by atoms with Crippen LogP contribution in [-0.4, -0.2) is 22.2 Å². The molecule has 1 aromatic heterocycles. The number of methoxy groups -OCH3 is 1. The summed E-state index contributed by atoms with van der Waals surface area (Å²) in [5.41, 5.74) is 2.52. The van der Waals surface area contributed by atoms with Gasteiger partial charge in [-0.25, -0.2) is 9.97 Å². The Hall–Kier alpha value is -2.62. The van der Waals surface area contributed by atoms with Gasteiger partial charge in [0.05, 0.1) is 18.3 Å². The quantitative estimate of drug-likeness (QED) is 0.761. The van der Waals surface area contributed by atoms with E-state index in [1.807, 2.05) is 30.3 Å². The van der Waals surface area contributed by atoms with Crippen LogP contribution >= 0.6 is 0 Å². The van der Waals surface area contributed by atoms with Gasteiger partial charge in [0.2, 0.25) is 0 Å². The summed E-state index contributed by atoms with van der Waals surface area (Å²) in [5.74, 6) is 0.493. The van der Waals surface area contributed by atoms with Gasteiger partial charge in [-0.1, -0.05) is 30.3 Å². The van der Waals surface area contributed by atoms with Crippen molar-refractivity contribution >= 4 is 10.9 Å². The van der Waals surface area contributed by atoms with E-state index < -0.39 is 0 Å². The lowest BCUT2D eigenvalue weighted by Crippen LogP contribution is -1.91. The average Bonchev–Trinajstić information content (AvgIpc) is 2.47. The second-order valence-corrected chi connectivity index (χ2v) is 4.13. The largest absolute Gasteiger partial charge is 0.504 e. The van der Waals surface area contributed by atoms with E-state index in [1.54, 1.807) is 12.1 Å². The van der Waals surface area contributed by atoms with Gasteiger partial charge >= 0.3 is 0 Å². The fourth-order valence-corrected chi connectivity index (χ4v) is 2.06. The van der Waals surface area contributed by atoms with Crippen LogP contribution in [0.1, 0.15) is 0 Å². The second kappa shape index (κ2) is 4.57. The molecule has 0 fully saturated rings. The molecule has 0 radical (unpaired) electrons. The fourth-order valence-electron chi connectivity index (χ4n) is 2.06. The minimum Gasteiger partial charge on any atom is -0.504 e. The SMILES string of the molecule is COc1cc2ncnc(-c3ccccc3)c2cc1O. The molecular formula is C15H12N2O2. The fraction of sp³-hybridized carbons (Fsp3) is 0.0667. The number of aromatic nitrogens is 2. The van der Waals surface area contributed by atoms with Gasteiger partial charge in [0.25, 0.3) is 0 Å². The molecule has 0 saturated carbocycles. The lowest BCUT2D eigenvalue weighted by Gasteiger charge is -2.08. The number of hydrogen-bond acceptors (Lipinski definition) is 4. The van der Waals surface area contributed by atoms with E-state index in [1.165, 1.54) is 13.4 Å². The number of phenolic OH excluding ortho intramolecular Hbond substituents is 1. The molecule has 2 aromatic carbocycles. The summed E-state index contributed by atoms with van der Waals surface area (Å²) in [6.45, 7) is 0. The first kappa shape index (κ1) is 11.5. The normalized spacial score (nSPS) is 10.6. The second-order valence-electron chi connectivity index (χ2n) is 4.13. The minimum atomic E-state index is 0.0852. The molecule has 19 heavy (non-hydrogen) atoms. The van der Waals surface area contributed by atoms with Gasteiger partial charge in [-0.3, -0.25) is 0 Å². The van der Waals surface area contributed by atoms with Gasteiger partial charge in [-0.15, -0.1) is 0 Å². The van der Waals surface area contributed by atoms with Crippen molar-refractivity contribution in [2.45, 2.75) is 0 Å². The number of rotatable bonds is 2. The molecule has 94 valence electrons. The van der Waals surface area contributed by atoms with Crippen LogP contribution in [0.15, 0.2) is 48.8 Å². The van der Waals surface area contributed by atoms with Crippen LogP contribution in [0.3, 0.4) is 0 Å². The predicted molar refractivity (Wildman–Crippen MR) is 73.2 cm³/mol. The van der Waals surface area contributed by atoms with Crippen molar-refractivity contribution in [3.63, 3.8) is 0 Å². The molecule has 0 saturated heterocycles. The predicted octanol–water partition coefficient (Wildman–Crippen LogP) is 3.01. The number of hydrogen-bond donors (Lipinski definition) is 1. The topological polar surface area (TPSA) is 55.2 Å². The lowest BCUT2D eigenvalue weighted by atomic mass is 10.1. The molecule has 4 nitrogen and oxygen atoms in total. The van der Waals surface area contributed by atoms with Crippen molar-refractivity contribution in [1.82, 2.24) is 9.97 Å². The van der Waals surface area contributed by atoms with Gasteiger partial charge in [0.1, 0.15) is 6.33 Å². The van der Waals surface area contributed by atoms with Crippen LogP contribution in [0.5, 0.6) is 11.5 Å². The Bertz CT molecular complexity index is 727. The third kappa shape index (κ3) is 1.97. The summed E-state index contributed by atoms with van der Waals surface area (Å²) in [5, 5.41) is 10.7. The summed E-state index contributed by atoms with van der Waals surface area (Å²) < 4.78 is 5.09. The zero-order valence-corrected chi connectivity index (χ0v) is 10.4. The van der Waals surface area contributed by atoms with Gasteiger partial charge < -0.3 is 9.84 Å². The standard InChI is InChI=1S/C15H12N2O2/c1-19-14-8-12-11(7-13(14)18)15(17-9-16-12)10-5-3-2-4-6-10/h2-9,18H,1H3. The molecule has 4 heteroatoms. The van der Waals surface area contributed by atoms with E-state index >= 15 is 0 Å². The number of ether oxygens (including phenoxy) is 1. The summed E-state index contributed by atoms with van der Waals surface area (Å²) in [6, 6.07) is 13.1. The van der Waals surface area contributed by atoms with Crippen molar-refractivity contribution in [3.8, 4) is 22.8 Å². The molecule has 1 N–H and O–H groups in total. The summed E-state index contributed by atoms with van der Waals surface area (Å²) in [4.78, 5) is 8.53. The Balaban J connectivity index is 2.30. The highest BCUT2D eigenvalue weighted by Crippen LogP contribution is 2.34. The molecule has 0 aliphatic heterocycles. The molecule has 0 aliphatic carbocycles. The average molecular weight is 252 g/mol. The highest BCUT2D eigenvalue weighted by Gasteiger charge is 2.10. The molecule has 0 amide bonds. The van der Waals surface area contributed by atoms with E-state index in [9.17, 15) is 5.11 Å². The van der Waals surface area contributed by atoms with Gasteiger partial charge in [-0.2, -0.15) is 0 Å². The minimum absolute atomic E-state index is 0.0852. The van der Waals surface area contributed by atoms with Crippen LogP contribution in [0.4, 0.5) is 0 Å². The monoisotopic (exact) mass is 252 g/mol. The van der Waals surface area contributed by atoms with E-state index in [2.05, 4.69) is 9.97 Å². The highest BCUT2D eigenvalue weighted by atomic mass is 16.5. The van der Waals surface area contributed by atoms with Crippen LogP contribution in [0.25, 0.3) is 22.2 Å². The molecular weight excluding hydrogens is 240 g/mol. The first-order valence-corrected chi connectivity index (χ1v) is 5.86. The zero-order chi connectivity index (χ0) is 13.2. The van der Waals surface area contributed by atoms with Crippen LogP contribution in [-0.2, 0) is 0 Å². The first-order chi connectivity index (χ1) is 9.29. The number of phenols is 1. The Morgan fingerprint density at radius 2 is 1.84 bits per heavy atom. The molecule has 0 atom stereocenters. The van der Waals surface area contributed by atoms with Crippen molar-refractivity contribution < 1.29 is 9.84 Å². The van der Waals surface area contributed by atoms with Crippen molar-refractivity contribution in [3.05, 3.63) is 48.8 Å². The maximum absolute atomic E-state index is 9.90. The summed E-state index contributed by atoms with van der Waals surface area (Å²) in [7, 11) is 1.51.